The van der Waals surface area contributed by atoms with Crippen LogP contribution in [0.15, 0.2) is 35.5 Å². The average Bonchev–Trinajstić information content (AvgIpc) is 3.61. The first-order valence-corrected chi connectivity index (χ1v) is 13.9. The Bertz CT molecular complexity index is 1980. The number of hydrogen-bond donors (Lipinski definition) is 5. The molecular formula is C29H30F2N8O4. The second-order valence-corrected chi connectivity index (χ2v) is 10.9. The number of aromatic nitrogens is 4. The van der Waals surface area contributed by atoms with Crippen LogP contribution in [-0.2, 0) is 4.74 Å². The molecule has 1 aromatic carbocycles. The molecule has 0 unspecified atom stereocenters. The highest BCUT2D eigenvalue weighted by atomic mass is 19.2. The molecule has 0 saturated carbocycles. The zero-order chi connectivity index (χ0) is 30.2. The van der Waals surface area contributed by atoms with Crippen molar-refractivity contribution in [1.82, 2.24) is 24.5 Å². The van der Waals surface area contributed by atoms with Crippen LogP contribution in [0.25, 0.3) is 44.1 Å². The van der Waals surface area contributed by atoms with E-state index in [-0.39, 0.29) is 34.1 Å². The fourth-order valence-corrected chi connectivity index (χ4v) is 6.45. The molecule has 12 nitrogen and oxygen atoms in total. The molecule has 0 radical (unpaired) electrons. The SMILES string of the molecule is CNc1cc(F)c(F)c2c1[nH]c1ncc(-c3cnc4c(c3)c(=O)c(C(O)O)cn4NC)c(N3C[C@H]4OCCN(C)[C@H]4C3)c12. The van der Waals surface area contributed by atoms with Gasteiger partial charge in [0.25, 0.3) is 0 Å². The van der Waals surface area contributed by atoms with Crippen molar-refractivity contribution in [2.75, 3.05) is 63.0 Å². The number of likely N-dealkylation sites (N-methyl/N-ethyl adjacent to an activating group) is 1. The third-order valence-electron chi connectivity index (χ3n) is 8.63. The lowest BCUT2D eigenvalue weighted by Crippen LogP contribution is -2.48. The van der Waals surface area contributed by atoms with Crippen LogP contribution in [0.4, 0.5) is 20.2 Å². The van der Waals surface area contributed by atoms with Gasteiger partial charge in [-0.15, -0.1) is 0 Å². The molecule has 2 fully saturated rings. The number of nitrogens with one attached hydrogen (secondary N) is 3. The first-order chi connectivity index (χ1) is 20.7. The number of H-pyrrole nitrogens is 1. The topological polar surface area (TPSA) is 144 Å². The molecule has 2 atom stereocenters. The van der Waals surface area contributed by atoms with Crippen molar-refractivity contribution in [2.45, 2.75) is 18.4 Å². The predicted molar refractivity (Wildman–Crippen MR) is 159 cm³/mol. The third kappa shape index (κ3) is 4.12. The molecule has 2 aliphatic rings. The number of aliphatic hydroxyl groups is 2. The van der Waals surface area contributed by atoms with Gasteiger partial charge in [-0.25, -0.2) is 23.4 Å². The molecule has 0 spiro atoms. The van der Waals surface area contributed by atoms with Crippen LogP contribution in [0.1, 0.15) is 11.9 Å². The van der Waals surface area contributed by atoms with Gasteiger partial charge in [-0.2, -0.15) is 0 Å². The van der Waals surface area contributed by atoms with Crippen LogP contribution < -0.4 is 21.1 Å². The summed E-state index contributed by atoms with van der Waals surface area (Å²) in [5.41, 5.74) is 5.09. The molecular weight excluding hydrogens is 562 g/mol. The van der Waals surface area contributed by atoms with Crippen LogP contribution in [0.3, 0.4) is 0 Å². The van der Waals surface area contributed by atoms with Crippen molar-refractivity contribution in [3.05, 3.63) is 58.1 Å². The maximum Gasteiger partial charge on any atom is 0.199 e. The standard InChI is InChI=1S/C29H30F2N8O4/c1-32-18-7-17(30)23(31)21-22-25(38-11-19-20(12-38)43-5-4-37(19)3)15(9-34-27(22)36-24(18)21)13-6-14-26(40)16(29(41)42)10-39(33-2)28(14)35-8-13/h6-10,19-20,29,32-33,41-42H,4-5,11-12H2,1-3H3,(H,34,36)/t19-,20+/m0/s1. The number of aliphatic hydroxyl groups excluding tert-OH is 1. The van der Waals surface area contributed by atoms with E-state index in [2.05, 4.69) is 35.5 Å². The van der Waals surface area contributed by atoms with E-state index in [1.54, 1.807) is 32.6 Å². The van der Waals surface area contributed by atoms with Crippen molar-refractivity contribution >= 4 is 44.3 Å². The van der Waals surface area contributed by atoms with Crippen LogP contribution in [0, 0.1) is 11.6 Å². The molecule has 4 aromatic heterocycles. The summed E-state index contributed by atoms with van der Waals surface area (Å²) < 4.78 is 38.2. The number of anilines is 2. The molecule has 0 amide bonds. The summed E-state index contributed by atoms with van der Waals surface area (Å²) in [6.45, 7) is 2.42. The molecule has 7 rings (SSSR count). The van der Waals surface area contributed by atoms with E-state index >= 15 is 4.39 Å². The number of nitrogens with zero attached hydrogens (tertiary/aromatic N) is 5. The van der Waals surface area contributed by atoms with Crippen molar-refractivity contribution < 1.29 is 23.7 Å². The van der Waals surface area contributed by atoms with E-state index in [1.165, 1.54) is 10.9 Å². The number of morpholine rings is 1. The van der Waals surface area contributed by atoms with Crippen molar-refractivity contribution in [2.24, 2.45) is 0 Å². The number of ether oxygens (including phenoxy) is 1. The van der Waals surface area contributed by atoms with Crippen molar-refractivity contribution in [3.8, 4) is 11.1 Å². The number of rotatable bonds is 5. The Morgan fingerprint density at radius 1 is 1.14 bits per heavy atom. The number of fused-ring (bicyclic) bond motifs is 5. The zero-order valence-corrected chi connectivity index (χ0v) is 23.7. The highest BCUT2D eigenvalue weighted by molar-refractivity contribution is 6.18. The molecule has 5 aromatic rings. The largest absolute Gasteiger partial charge is 0.386 e. The number of hydrogen-bond acceptors (Lipinski definition) is 10. The fourth-order valence-electron chi connectivity index (χ4n) is 6.45. The molecule has 0 bridgehead atoms. The predicted octanol–water partition coefficient (Wildman–Crippen LogP) is 2.09. The first-order valence-electron chi connectivity index (χ1n) is 13.9. The number of halogens is 2. The molecule has 0 aliphatic carbocycles. The van der Waals surface area contributed by atoms with Gasteiger partial charge in [0, 0.05) is 69.5 Å². The second-order valence-electron chi connectivity index (χ2n) is 10.9. The molecule has 224 valence electrons. The summed E-state index contributed by atoms with van der Waals surface area (Å²) in [5, 5.41) is 23.2. The zero-order valence-electron chi connectivity index (χ0n) is 23.7. The van der Waals surface area contributed by atoms with E-state index in [0.717, 1.165) is 12.6 Å². The third-order valence-corrected chi connectivity index (χ3v) is 8.63. The summed E-state index contributed by atoms with van der Waals surface area (Å²) in [4.78, 5) is 30.0. The molecule has 5 N–H and O–H groups in total. The number of aromatic amines is 1. The van der Waals surface area contributed by atoms with Gasteiger partial charge in [-0.05, 0) is 13.1 Å². The quantitative estimate of drug-likeness (QED) is 0.193. The lowest BCUT2D eigenvalue weighted by atomic mass is 10.0. The van der Waals surface area contributed by atoms with Gasteiger partial charge in [0.05, 0.1) is 57.4 Å². The molecule has 14 heteroatoms. The minimum atomic E-state index is -2.00. The maximum atomic E-state index is 15.7. The van der Waals surface area contributed by atoms with Gasteiger partial charge in [0.1, 0.15) is 5.65 Å². The van der Waals surface area contributed by atoms with E-state index < -0.39 is 23.4 Å². The van der Waals surface area contributed by atoms with Gasteiger partial charge >= 0.3 is 0 Å². The van der Waals surface area contributed by atoms with E-state index in [4.69, 9.17) is 4.74 Å². The molecule has 43 heavy (non-hydrogen) atoms. The Morgan fingerprint density at radius 3 is 2.67 bits per heavy atom. The number of pyridine rings is 3. The molecule has 2 aliphatic heterocycles. The Labute approximate surface area is 243 Å². The van der Waals surface area contributed by atoms with Gasteiger partial charge < -0.3 is 35.6 Å². The van der Waals surface area contributed by atoms with Gasteiger partial charge in [0.2, 0.25) is 0 Å². The summed E-state index contributed by atoms with van der Waals surface area (Å²) >= 11 is 0. The summed E-state index contributed by atoms with van der Waals surface area (Å²) in [7, 11) is 5.28. The van der Waals surface area contributed by atoms with Crippen LogP contribution >= 0.6 is 0 Å². The minimum Gasteiger partial charge on any atom is -0.386 e. The van der Waals surface area contributed by atoms with Gasteiger partial charge in [0.15, 0.2) is 29.0 Å². The number of benzene rings is 1. The highest BCUT2D eigenvalue weighted by Gasteiger charge is 2.40. The van der Waals surface area contributed by atoms with Crippen LogP contribution in [0.5, 0.6) is 0 Å². The lowest BCUT2D eigenvalue weighted by Gasteiger charge is -2.33. The van der Waals surface area contributed by atoms with Gasteiger partial charge in [-0.3, -0.25) is 9.69 Å². The summed E-state index contributed by atoms with van der Waals surface area (Å²) in [6.07, 6.45) is 2.39. The monoisotopic (exact) mass is 592 g/mol. The lowest BCUT2D eigenvalue weighted by molar-refractivity contribution is -0.0435. The smallest absolute Gasteiger partial charge is 0.199 e. The minimum absolute atomic E-state index is 0.0600. The molecule has 2 saturated heterocycles. The Morgan fingerprint density at radius 2 is 1.95 bits per heavy atom. The van der Waals surface area contributed by atoms with E-state index in [0.29, 0.717) is 58.7 Å². The average molecular weight is 593 g/mol. The van der Waals surface area contributed by atoms with E-state index in [9.17, 15) is 19.4 Å². The van der Waals surface area contributed by atoms with Crippen molar-refractivity contribution in [3.63, 3.8) is 0 Å². The Hall–Kier alpha value is -4.37. The highest BCUT2D eigenvalue weighted by Crippen LogP contribution is 2.44. The van der Waals surface area contributed by atoms with Gasteiger partial charge in [-0.1, -0.05) is 0 Å². The van der Waals surface area contributed by atoms with Crippen LogP contribution in [-0.4, -0.2) is 94.3 Å². The van der Waals surface area contributed by atoms with E-state index in [1.807, 2.05) is 7.05 Å². The maximum absolute atomic E-state index is 15.7. The van der Waals surface area contributed by atoms with Crippen LogP contribution in [0.2, 0.25) is 0 Å². The normalized spacial score (nSPS) is 19.2. The Balaban J connectivity index is 1.54. The summed E-state index contributed by atoms with van der Waals surface area (Å²) in [5.74, 6) is -2.00. The first kappa shape index (κ1) is 27.5. The second kappa shape index (κ2) is 10.1. The molecule has 6 heterocycles. The summed E-state index contributed by atoms with van der Waals surface area (Å²) in [6, 6.07) is 2.79. The van der Waals surface area contributed by atoms with Crippen molar-refractivity contribution in [1.29, 1.82) is 0 Å². The Kier molecular flexibility index (Phi) is 6.46. The fraction of sp³-hybridized carbons (Fsp3) is 0.345.